The van der Waals surface area contributed by atoms with Crippen molar-refractivity contribution in [2.75, 3.05) is 6.61 Å². The van der Waals surface area contributed by atoms with Gasteiger partial charge in [0.1, 0.15) is 5.75 Å². The Bertz CT molecular complexity index is 363. The summed E-state index contributed by atoms with van der Waals surface area (Å²) in [6, 6.07) is 5.38. The van der Waals surface area contributed by atoms with Gasteiger partial charge in [-0.3, -0.25) is 20.3 Å². The van der Waals surface area contributed by atoms with Crippen molar-refractivity contribution < 1.29 is 14.5 Å². The molecule has 1 amide bonds. The van der Waals surface area contributed by atoms with Crippen LogP contribution < -0.4 is 16.0 Å². The average molecular weight is 211 g/mol. The summed E-state index contributed by atoms with van der Waals surface area (Å²) in [5.74, 6) is 4.72. The Balaban J connectivity index is 2.57. The second-order valence-corrected chi connectivity index (χ2v) is 2.61. The number of nitro benzene ring substituents is 1. The first-order chi connectivity index (χ1) is 7.13. The van der Waals surface area contributed by atoms with Crippen LogP contribution in [0.4, 0.5) is 5.69 Å². The van der Waals surface area contributed by atoms with Crippen molar-refractivity contribution in [2.24, 2.45) is 5.84 Å². The molecule has 0 atom stereocenters. The van der Waals surface area contributed by atoms with E-state index in [0.29, 0.717) is 5.75 Å². The van der Waals surface area contributed by atoms with Crippen LogP contribution in [0, 0.1) is 10.1 Å². The first-order valence-corrected chi connectivity index (χ1v) is 4.00. The fourth-order valence-electron chi connectivity index (χ4n) is 0.855. The van der Waals surface area contributed by atoms with Crippen LogP contribution in [-0.4, -0.2) is 17.4 Å². The molecular weight excluding hydrogens is 202 g/mol. The summed E-state index contributed by atoms with van der Waals surface area (Å²) in [7, 11) is 0. The lowest BCUT2D eigenvalue weighted by Crippen LogP contribution is -2.34. The van der Waals surface area contributed by atoms with Gasteiger partial charge in [0, 0.05) is 12.1 Å². The molecule has 0 aromatic heterocycles. The summed E-state index contributed by atoms with van der Waals surface area (Å²) < 4.78 is 4.98. The number of nitrogens with one attached hydrogen (secondary N) is 1. The Labute approximate surface area is 84.9 Å². The number of carbonyl (C=O) groups is 1. The molecule has 0 fully saturated rings. The molecule has 0 aliphatic rings. The molecule has 0 aliphatic carbocycles. The first-order valence-electron chi connectivity index (χ1n) is 4.00. The van der Waals surface area contributed by atoms with Crippen molar-refractivity contribution >= 4 is 11.6 Å². The van der Waals surface area contributed by atoms with E-state index >= 15 is 0 Å². The molecule has 0 aliphatic heterocycles. The van der Waals surface area contributed by atoms with Gasteiger partial charge in [-0.05, 0) is 12.1 Å². The first kappa shape index (κ1) is 10.9. The number of hydrazine groups is 1. The summed E-state index contributed by atoms with van der Waals surface area (Å²) in [5.41, 5.74) is 1.86. The minimum absolute atomic E-state index is 0.0365. The Morgan fingerprint density at radius 2 is 2.07 bits per heavy atom. The van der Waals surface area contributed by atoms with Gasteiger partial charge in [-0.25, -0.2) is 5.84 Å². The number of carbonyl (C=O) groups excluding carboxylic acids is 1. The molecule has 15 heavy (non-hydrogen) atoms. The summed E-state index contributed by atoms with van der Waals surface area (Å²) in [6.07, 6.45) is 0. The van der Waals surface area contributed by atoms with Gasteiger partial charge in [-0.1, -0.05) is 0 Å². The Morgan fingerprint density at radius 3 is 2.53 bits per heavy atom. The van der Waals surface area contributed by atoms with Crippen molar-refractivity contribution in [2.45, 2.75) is 0 Å². The zero-order chi connectivity index (χ0) is 11.3. The summed E-state index contributed by atoms with van der Waals surface area (Å²) in [6.45, 7) is -0.228. The summed E-state index contributed by atoms with van der Waals surface area (Å²) >= 11 is 0. The van der Waals surface area contributed by atoms with Gasteiger partial charge in [-0.2, -0.15) is 0 Å². The lowest BCUT2D eigenvalue weighted by atomic mass is 10.3. The van der Waals surface area contributed by atoms with Gasteiger partial charge >= 0.3 is 0 Å². The highest BCUT2D eigenvalue weighted by atomic mass is 16.6. The van der Waals surface area contributed by atoms with Gasteiger partial charge in [0.25, 0.3) is 11.6 Å². The SMILES string of the molecule is NNC(=O)COc1ccc([N+](=O)[O-])cc1. The molecule has 0 bridgehead atoms. The van der Waals surface area contributed by atoms with E-state index < -0.39 is 10.8 Å². The van der Waals surface area contributed by atoms with Gasteiger partial charge < -0.3 is 4.74 Å². The Morgan fingerprint density at radius 1 is 1.47 bits per heavy atom. The average Bonchev–Trinajstić information content (AvgIpc) is 2.26. The van der Waals surface area contributed by atoms with Crippen molar-refractivity contribution in [3.8, 4) is 5.75 Å². The number of ether oxygens (including phenoxy) is 1. The van der Waals surface area contributed by atoms with E-state index in [9.17, 15) is 14.9 Å². The van der Waals surface area contributed by atoms with Gasteiger partial charge in [-0.15, -0.1) is 0 Å². The highest BCUT2D eigenvalue weighted by Gasteiger charge is 2.05. The Kier molecular flexibility index (Phi) is 3.58. The molecule has 0 heterocycles. The normalized spacial score (nSPS) is 9.40. The van der Waals surface area contributed by atoms with Crippen LogP contribution in [0.5, 0.6) is 5.75 Å². The standard InChI is InChI=1S/C8H9N3O4/c9-10-8(12)5-15-7-3-1-6(2-4-7)11(13)14/h1-4H,5,9H2,(H,10,12). The zero-order valence-electron chi connectivity index (χ0n) is 7.67. The Hall–Kier alpha value is -2.15. The lowest BCUT2D eigenvalue weighted by molar-refractivity contribution is -0.384. The zero-order valence-corrected chi connectivity index (χ0v) is 7.67. The minimum atomic E-state index is -0.517. The number of nitro groups is 1. The second-order valence-electron chi connectivity index (χ2n) is 2.61. The maximum absolute atomic E-state index is 10.7. The van der Waals surface area contributed by atoms with Crippen LogP contribution in [0.1, 0.15) is 0 Å². The lowest BCUT2D eigenvalue weighted by Gasteiger charge is -2.03. The third kappa shape index (κ3) is 3.24. The van der Waals surface area contributed by atoms with E-state index in [4.69, 9.17) is 10.6 Å². The monoisotopic (exact) mass is 211 g/mol. The fraction of sp³-hybridized carbons (Fsp3) is 0.125. The van der Waals surface area contributed by atoms with Crippen LogP contribution in [0.25, 0.3) is 0 Å². The number of nitrogens with zero attached hydrogens (tertiary/aromatic N) is 1. The van der Waals surface area contributed by atoms with E-state index in [2.05, 4.69) is 0 Å². The maximum atomic E-state index is 10.7. The molecule has 7 nitrogen and oxygen atoms in total. The molecule has 0 spiro atoms. The molecule has 1 aromatic rings. The number of nitrogens with two attached hydrogens (primary N) is 1. The molecule has 1 aromatic carbocycles. The minimum Gasteiger partial charge on any atom is -0.484 e. The van der Waals surface area contributed by atoms with Crippen LogP contribution in [-0.2, 0) is 4.79 Å². The molecule has 7 heteroatoms. The highest BCUT2D eigenvalue weighted by Crippen LogP contribution is 2.16. The predicted molar refractivity (Wildman–Crippen MR) is 50.9 cm³/mol. The van der Waals surface area contributed by atoms with E-state index in [1.54, 1.807) is 0 Å². The number of rotatable bonds is 4. The highest BCUT2D eigenvalue weighted by molar-refractivity contribution is 5.76. The number of hydrogen-bond acceptors (Lipinski definition) is 5. The van der Waals surface area contributed by atoms with Crippen molar-refractivity contribution in [3.63, 3.8) is 0 Å². The molecule has 80 valence electrons. The van der Waals surface area contributed by atoms with Crippen molar-refractivity contribution in [1.29, 1.82) is 0 Å². The van der Waals surface area contributed by atoms with Crippen LogP contribution in [0.15, 0.2) is 24.3 Å². The third-order valence-corrected chi connectivity index (χ3v) is 1.58. The fourth-order valence-corrected chi connectivity index (χ4v) is 0.855. The molecule has 1 rings (SSSR count). The number of amides is 1. The van der Waals surface area contributed by atoms with Gasteiger partial charge in [0.05, 0.1) is 4.92 Å². The largest absolute Gasteiger partial charge is 0.484 e. The topological polar surface area (TPSA) is 107 Å². The number of benzene rings is 1. The molecule has 0 saturated carbocycles. The maximum Gasteiger partial charge on any atom is 0.271 e. The summed E-state index contributed by atoms with van der Waals surface area (Å²) in [4.78, 5) is 20.5. The smallest absolute Gasteiger partial charge is 0.271 e. The quantitative estimate of drug-likeness (QED) is 0.314. The van der Waals surface area contributed by atoms with Crippen LogP contribution in [0.2, 0.25) is 0 Å². The molecule has 0 saturated heterocycles. The third-order valence-electron chi connectivity index (χ3n) is 1.58. The predicted octanol–water partition coefficient (Wildman–Crippen LogP) is -0.0365. The summed E-state index contributed by atoms with van der Waals surface area (Å²) in [5, 5.41) is 10.3. The van der Waals surface area contributed by atoms with E-state index in [1.807, 2.05) is 5.43 Å². The van der Waals surface area contributed by atoms with E-state index in [-0.39, 0.29) is 12.3 Å². The van der Waals surface area contributed by atoms with E-state index in [0.717, 1.165) is 0 Å². The second kappa shape index (κ2) is 4.91. The molecular formula is C8H9N3O4. The molecule has 0 radical (unpaired) electrons. The number of non-ortho nitro benzene ring substituents is 1. The van der Waals surface area contributed by atoms with Crippen LogP contribution >= 0.6 is 0 Å². The number of hydrogen-bond donors (Lipinski definition) is 2. The van der Waals surface area contributed by atoms with Gasteiger partial charge in [0.2, 0.25) is 0 Å². The molecule has 0 unspecified atom stereocenters. The van der Waals surface area contributed by atoms with E-state index in [1.165, 1.54) is 24.3 Å². The van der Waals surface area contributed by atoms with Crippen molar-refractivity contribution in [1.82, 2.24) is 5.43 Å². The van der Waals surface area contributed by atoms with Crippen molar-refractivity contribution in [3.05, 3.63) is 34.4 Å². The molecule has 3 N–H and O–H groups in total. The van der Waals surface area contributed by atoms with Gasteiger partial charge in [0.15, 0.2) is 6.61 Å². The van der Waals surface area contributed by atoms with Crippen LogP contribution in [0.3, 0.4) is 0 Å².